The van der Waals surface area contributed by atoms with Crippen molar-refractivity contribution in [3.63, 3.8) is 0 Å². The topological polar surface area (TPSA) is 30.9 Å². The molecule has 0 saturated carbocycles. The molecule has 0 bridgehead atoms. The van der Waals surface area contributed by atoms with Crippen LogP contribution in [0.2, 0.25) is 0 Å². The highest BCUT2D eigenvalue weighted by Crippen LogP contribution is 2.28. The van der Waals surface area contributed by atoms with E-state index in [9.17, 15) is 0 Å². The van der Waals surface area contributed by atoms with Crippen molar-refractivity contribution in [3.05, 3.63) is 29.8 Å². The molecule has 19 heavy (non-hydrogen) atoms. The summed E-state index contributed by atoms with van der Waals surface area (Å²) < 4.78 is 16.9. The summed E-state index contributed by atoms with van der Waals surface area (Å²) in [6, 6.07) is 7.88. The van der Waals surface area contributed by atoms with Gasteiger partial charge in [0.25, 0.3) is 0 Å². The van der Waals surface area contributed by atoms with Crippen molar-refractivity contribution in [1.82, 2.24) is 4.90 Å². The summed E-state index contributed by atoms with van der Waals surface area (Å²) in [5.74, 6) is 0.857. The average Bonchev–Trinajstić information content (AvgIpc) is 3.11. The summed E-state index contributed by atoms with van der Waals surface area (Å²) in [6.07, 6.45) is 2.61. The van der Waals surface area contributed by atoms with E-state index in [0.717, 1.165) is 17.9 Å². The number of hydrogen-bond acceptors (Lipinski definition) is 4. The minimum Gasteiger partial charge on any atom is -0.497 e. The predicted molar refractivity (Wildman–Crippen MR) is 72.2 cm³/mol. The average molecular weight is 263 g/mol. The molecule has 1 aromatic carbocycles. The minimum absolute atomic E-state index is 0.199. The smallest absolute Gasteiger partial charge is 0.184 e. The summed E-state index contributed by atoms with van der Waals surface area (Å²) in [4.78, 5) is 2.46. The number of nitrogens with zero attached hydrogens (tertiary/aromatic N) is 1. The highest BCUT2D eigenvalue weighted by atomic mass is 16.7. The first-order valence-corrected chi connectivity index (χ1v) is 6.98. The summed E-state index contributed by atoms with van der Waals surface area (Å²) in [7, 11) is 1.67. The summed E-state index contributed by atoms with van der Waals surface area (Å²) >= 11 is 0. The van der Waals surface area contributed by atoms with E-state index in [-0.39, 0.29) is 12.4 Å². The van der Waals surface area contributed by atoms with Crippen LogP contribution >= 0.6 is 0 Å². The molecule has 0 aromatic heterocycles. The van der Waals surface area contributed by atoms with Gasteiger partial charge in [0.1, 0.15) is 5.75 Å². The van der Waals surface area contributed by atoms with Crippen LogP contribution in [0.1, 0.15) is 24.7 Å². The van der Waals surface area contributed by atoms with Crippen LogP contribution in [0, 0.1) is 0 Å². The van der Waals surface area contributed by atoms with Gasteiger partial charge in [0, 0.05) is 12.1 Å². The molecule has 0 aliphatic carbocycles. The van der Waals surface area contributed by atoms with Crippen LogP contribution < -0.4 is 4.74 Å². The lowest BCUT2D eigenvalue weighted by Gasteiger charge is -2.18. The van der Waals surface area contributed by atoms with Gasteiger partial charge in [-0.05, 0) is 38.1 Å². The molecule has 2 fully saturated rings. The Hall–Kier alpha value is -1.10. The number of hydrogen-bond donors (Lipinski definition) is 0. The van der Waals surface area contributed by atoms with Crippen LogP contribution in [0.3, 0.4) is 0 Å². The molecule has 2 aliphatic rings. The predicted octanol–water partition coefficient (Wildman–Crippen LogP) is 2.21. The zero-order chi connectivity index (χ0) is 13.1. The molecule has 0 unspecified atom stereocenters. The van der Waals surface area contributed by atoms with E-state index in [4.69, 9.17) is 14.2 Å². The fraction of sp³-hybridized carbons (Fsp3) is 0.600. The lowest BCUT2D eigenvalue weighted by Crippen LogP contribution is -2.31. The van der Waals surface area contributed by atoms with E-state index in [1.54, 1.807) is 7.11 Å². The fourth-order valence-electron chi connectivity index (χ4n) is 2.73. The Balaban J connectivity index is 1.55. The second kappa shape index (κ2) is 5.90. The first kappa shape index (κ1) is 12.9. The van der Waals surface area contributed by atoms with Crippen LogP contribution in [0.4, 0.5) is 0 Å². The van der Waals surface area contributed by atoms with Gasteiger partial charge < -0.3 is 19.1 Å². The molecule has 0 radical (unpaired) electrons. The molecule has 3 rings (SSSR count). The van der Waals surface area contributed by atoms with Crippen LogP contribution in [-0.2, 0) is 9.47 Å². The zero-order valence-corrected chi connectivity index (χ0v) is 11.4. The molecule has 2 saturated heterocycles. The summed E-state index contributed by atoms with van der Waals surface area (Å²) in [5, 5.41) is 0. The number of likely N-dealkylation sites (tertiary alicyclic amines) is 1. The highest BCUT2D eigenvalue weighted by molar-refractivity contribution is 5.28. The monoisotopic (exact) mass is 263 g/mol. The zero-order valence-electron chi connectivity index (χ0n) is 11.4. The summed E-state index contributed by atoms with van der Waals surface area (Å²) in [5.41, 5.74) is 1.06. The molecule has 0 spiro atoms. The van der Waals surface area contributed by atoms with Crippen molar-refractivity contribution in [2.75, 3.05) is 33.4 Å². The highest BCUT2D eigenvalue weighted by Gasteiger charge is 2.29. The maximum absolute atomic E-state index is 5.98. The molecule has 104 valence electrons. The molecule has 4 heteroatoms. The van der Waals surface area contributed by atoms with Gasteiger partial charge in [0.2, 0.25) is 0 Å². The second-order valence-corrected chi connectivity index (χ2v) is 5.20. The number of methoxy groups -OCH3 is 1. The quantitative estimate of drug-likeness (QED) is 0.833. The normalized spacial score (nSPS) is 27.8. The standard InChI is InChI=1S/C15H21NO3/c1-17-13-6-4-12(5-7-13)15-18-11-14(19-15)10-16-8-2-3-9-16/h4-7,14-15H,2-3,8-11H2,1H3/t14-,15+/m0/s1. The third-order valence-corrected chi connectivity index (χ3v) is 3.80. The molecule has 2 heterocycles. The molecule has 1 aromatic rings. The third-order valence-electron chi connectivity index (χ3n) is 3.80. The molecule has 2 atom stereocenters. The van der Waals surface area contributed by atoms with Crippen LogP contribution in [0.15, 0.2) is 24.3 Å². The lowest BCUT2D eigenvalue weighted by atomic mass is 10.2. The van der Waals surface area contributed by atoms with Crippen molar-refractivity contribution < 1.29 is 14.2 Å². The van der Waals surface area contributed by atoms with E-state index < -0.39 is 0 Å². The Labute approximate surface area is 114 Å². The van der Waals surface area contributed by atoms with Crippen LogP contribution in [0.25, 0.3) is 0 Å². The van der Waals surface area contributed by atoms with Gasteiger partial charge in [0.05, 0.1) is 19.8 Å². The maximum Gasteiger partial charge on any atom is 0.184 e. The Kier molecular flexibility index (Phi) is 4.01. The van der Waals surface area contributed by atoms with Crippen molar-refractivity contribution >= 4 is 0 Å². The van der Waals surface area contributed by atoms with E-state index in [0.29, 0.717) is 6.61 Å². The number of rotatable bonds is 4. The Bertz CT molecular complexity index is 400. The molecule has 0 amide bonds. The third kappa shape index (κ3) is 3.08. The second-order valence-electron chi connectivity index (χ2n) is 5.20. The van der Waals surface area contributed by atoms with Gasteiger partial charge in [-0.1, -0.05) is 12.1 Å². The van der Waals surface area contributed by atoms with Gasteiger partial charge in [-0.2, -0.15) is 0 Å². The van der Waals surface area contributed by atoms with Crippen molar-refractivity contribution in [2.24, 2.45) is 0 Å². The van der Waals surface area contributed by atoms with Gasteiger partial charge in [-0.25, -0.2) is 0 Å². The van der Waals surface area contributed by atoms with Crippen molar-refractivity contribution in [3.8, 4) is 5.75 Å². The Morgan fingerprint density at radius 2 is 1.95 bits per heavy atom. The molecular weight excluding hydrogens is 242 g/mol. The SMILES string of the molecule is COc1ccc([C@@H]2OC[C@H](CN3CCCC3)O2)cc1. The van der Waals surface area contributed by atoms with Gasteiger partial charge >= 0.3 is 0 Å². The van der Waals surface area contributed by atoms with Gasteiger partial charge in [-0.15, -0.1) is 0 Å². The fourth-order valence-corrected chi connectivity index (χ4v) is 2.73. The van der Waals surface area contributed by atoms with E-state index in [1.807, 2.05) is 24.3 Å². The number of benzene rings is 1. The van der Waals surface area contributed by atoms with Crippen LogP contribution in [-0.4, -0.2) is 44.4 Å². The maximum atomic E-state index is 5.98. The van der Waals surface area contributed by atoms with Crippen molar-refractivity contribution in [2.45, 2.75) is 25.2 Å². The molecule has 2 aliphatic heterocycles. The first-order valence-electron chi connectivity index (χ1n) is 6.98. The van der Waals surface area contributed by atoms with E-state index in [2.05, 4.69) is 4.90 Å². The molecule has 0 N–H and O–H groups in total. The van der Waals surface area contributed by atoms with E-state index in [1.165, 1.54) is 25.9 Å². The van der Waals surface area contributed by atoms with Gasteiger partial charge in [0.15, 0.2) is 6.29 Å². The first-order chi connectivity index (χ1) is 9.35. The largest absolute Gasteiger partial charge is 0.497 e. The Morgan fingerprint density at radius 3 is 2.63 bits per heavy atom. The lowest BCUT2D eigenvalue weighted by molar-refractivity contribution is -0.0635. The summed E-state index contributed by atoms with van der Waals surface area (Å²) in [6.45, 7) is 4.08. The van der Waals surface area contributed by atoms with E-state index >= 15 is 0 Å². The number of ether oxygens (including phenoxy) is 3. The van der Waals surface area contributed by atoms with Crippen LogP contribution in [0.5, 0.6) is 5.75 Å². The Morgan fingerprint density at radius 1 is 1.21 bits per heavy atom. The molecule has 4 nitrogen and oxygen atoms in total. The van der Waals surface area contributed by atoms with Gasteiger partial charge in [-0.3, -0.25) is 0 Å². The van der Waals surface area contributed by atoms with Crippen molar-refractivity contribution in [1.29, 1.82) is 0 Å². The minimum atomic E-state index is -0.224. The molecular formula is C15H21NO3.